The van der Waals surface area contributed by atoms with Gasteiger partial charge < -0.3 is 14.4 Å². The number of anilines is 1. The summed E-state index contributed by atoms with van der Waals surface area (Å²) in [6.45, 7) is 3.72. The number of rotatable bonds is 3. The second-order valence-electron chi connectivity index (χ2n) is 4.79. The third-order valence-corrected chi connectivity index (χ3v) is 4.85. The SMILES string of the molecule is COC(=O)c1sc(N2CCCC(C)(OC)C2)nc1Cl. The smallest absolute Gasteiger partial charge is 0.351 e. The molecule has 1 aliphatic rings. The van der Waals surface area contributed by atoms with Gasteiger partial charge >= 0.3 is 5.97 Å². The van der Waals surface area contributed by atoms with Crippen molar-refractivity contribution in [2.45, 2.75) is 25.4 Å². The lowest BCUT2D eigenvalue weighted by Crippen LogP contribution is -2.47. The van der Waals surface area contributed by atoms with E-state index in [0.29, 0.717) is 4.88 Å². The molecule has 0 spiro atoms. The number of aromatic nitrogens is 1. The Labute approximate surface area is 121 Å². The van der Waals surface area contributed by atoms with Gasteiger partial charge in [0.05, 0.1) is 12.7 Å². The summed E-state index contributed by atoms with van der Waals surface area (Å²) in [4.78, 5) is 18.2. The molecule has 0 N–H and O–H groups in total. The summed E-state index contributed by atoms with van der Waals surface area (Å²) in [6, 6.07) is 0. The minimum atomic E-state index is -0.444. The zero-order chi connectivity index (χ0) is 14.0. The van der Waals surface area contributed by atoms with Crippen LogP contribution in [-0.2, 0) is 9.47 Å². The van der Waals surface area contributed by atoms with E-state index in [1.165, 1.54) is 18.4 Å². The predicted molar refractivity (Wildman–Crippen MR) is 75.3 cm³/mol. The number of methoxy groups -OCH3 is 2. The average Bonchev–Trinajstić information content (AvgIpc) is 2.80. The van der Waals surface area contributed by atoms with Gasteiger partial charge in [0.25, 0.3) is 0 Å². The van der Waals surface area contributed by atoms with Crippen molar-refractivity contribution in [1.29, 1.82) is 0 Å². The Bertz CT molecular complexity index is 480. The van der Waals surface area contributed by atoms with Crippen LogP contribution in [0, 0.1) is 0 Å². The Morgan fingerprint density at radius 2 is 2.26 bits per heavy atom. The number of thiazole rings is 1. The zero-order valence-corrected chi connectivity index (χ0v) is 12.8. The van der Waals surface area contributed by atoms with Gasteiger partial charge in [-0.25, -0.2) is 9.78 Å². The van der Waals surface area contributed by atoms with Gasteiger partial charge in [-0.05, 0) is 19.8 Å². The van der Waals surface area contributed by atoms with E-state index in [-0.39, 0.29) is 10.8 Å². The fraction of sp³-hybridized carbons (Fsp3) is 0.667. The minimum absolute atomic E-state index is 0.179. The standard InChI is InChI=1S/C12H17ClN2O3S/c1-12(18-3)5-4-6-15(7-12)11-14-9(13)8(19-11)10(16)17-2/h4-7H2,1-3H3. The topological polar surface area (TPSA) is 51.7 Å². The maximum atomic E-state index is 11.5. The Hall–Kier alpha value is -0.850. The molecule has 0 aliphatic carbocycles. The van der Waals surface area contributed by atoms with Crippen molar-refractivity contribution >= 4 is 34.0 Å². The maximum absolute atomic E-state index is 11.5. The zero-order valence-electron chi connectivity index (χ0n) is 11.2. The number of halogens is 1. The third-order valence-electron chi connectivity index (χ3n) is 3.37. The number of piperidine rings is 1. The summed E-state index contributed by atoms with van der Waals surface area (Å²) in [5, 5.41) is 0.949. The Morgan fingerprint density at radius 3 is 2.89 bits per heavy atom. The number of carbonyl (C=O) groups is 1. The summed E-state index contributed by atoms with van der Waals surface area (Å²) in [5.41, 5.74) is -0.179. The van der Waals surface area contributed by atoms with Crippen LogP contribution >= 0.6 is 22.9 Å². The Kier molecular flexibility index (Phi) is 4.32. The fourth-order valence-corrected chi connectivity index (χ4v) is 3.40. The molecular weight excluding hydrogens is 288 g/mol. The van der Waals surface area contributed by atoms with Crippen LogP contribution in [0.25, 0.3) is 0 Å². The summed E-state index contributed by atoms with van der Waals surface area (Å²) >= 11 is 7.25. The van der Waals surface area contributed by atoms with Crippen LogP contribution in [0.3, 0.4) is 0 Å². The molecule has 0 aromatic carbocycles. The van der Waals surface area contributed by atoms with Crippen molar-refractivity contribution in [2.24, 2.45) is 0 Å². The van der Waals surface area contributed by atoms with E-state index < -0.39 is 5.97 Å². The van der Waals surface area contributed by atoms with Crippen molar-refractivity contribution in [1.82, 2.24) is 4.98 Å². The largest absolute Gasteiger partial charge is 0.465 e. The number of hydrogen-bond acceptors (Lipinski definition) is 6. The van der Waals surface area contributed by atoms with Gasteiger partial charge in [0, 0.05) is 20.2 Å². The molecule has 0 bridgehead atoms. The molecule has 1 saturated heterocycles. The Balaban J connectivity index is 2.20. The molecule has 0 saturated carbocycles. The molecule has 0 radical (unpaired) electrons. The first-order valence-electron chi connectivity index (χ1n) is 6.04. The van der Waals surface area contributed by atoms with Gasteiger partial charge in [0.2, 0.25) is 0 Å². The maximum Gasteiger partial charge on any atom is 0.351 e. The van der Waals surface area contributed by atoms with E-state index in [4.69, 9.17) is 16.3 Å². The average molecular weight is 305 g/mol. The van der Waals surface area contributed by atoms with E-state index in [9.17, 15) is 4.79 Å². The molecule has 0 amide bonds. The minimum Gasteiger partial charge on any atom is -0.465 e. The van der Waals surface area contributed by atoms with Crippen LogP contribution < -0.4 is 4.90 Å². The number of nitrogens with zero attached hydrogens (tertiary/aromatic N) is 2. The highest BCUT2D eigenvalue weighted by Crippen LogP contribution is 2.34. The van der Waals surface area contributed by atoms with E-state index in [2.05, 4.69) is 21.5 Å². The van der Waals surface area contributed by atoms with Crippen molar-refractivity contribution in [3.05, 3.63) is 10.0 Å². The highest BCUT2D eigenvalue weighted by atomic mass is 35.5. The molecule has 1 aromatic heterocycles. The second kappa shape index (κ2) is 5.64. The summed E-state index contributed by atoms with van der Waals surface area (Å²) in [5.74, 6) is -0.444. The van der Waals surface area contributed by atoms with Crippen LogP contribution in [0.5, 0.6) is 0 Å². The van der Waals surface area contributed by atoms with E-state index in [0.717, 1.165) is 31.1 Å². The molecule has 1 fully saturated rings. The van der Waals surface area contributed by atoms with Crippen molar-refractivity contribution < 1.29 is 14.3 Å². The normalized spacial score (nSPS) is 23.5. The molecule has 1 aliphatic heterocycles. The van der Waals surface area contributed by atoms with Crippen molar-refractivity contribution in [3.8, 4) is 0 Å². The van der Waals surface area contributed by atoms with Crippen molar-refractivity contribution in [2.75, 3.05) is 32.2 Å². The Morgan fingerprint density at radius 1 is 1.53 bits per heavy atom. The molecule has 106 valence electrons. The van der Waals surface area contributed by atoms with Gasteiger partial charge in [0.1, 0.15) is 0 Å². The summed E-state index contributed by atoms with van der Waals surface area (Å²) in [7, 11) is 3.05. The van der Waals surface area contributed by atoms with Gasteiger partial charge in [-0.3, -0.25) is 0 Å². The van der Waals surface area contributed by atoms with Crippen LogP contribution in [0.4, 0.5) is 5.13 Å². The van der Waals surface area contributed by atoms with Gasteiger partial charge in [0.15, 0.2) is 15.2 Å². The lowest BCUT2D eigenvalue weighted by atomic mass is 9.95. The number of carbonyl (C=O) groups excluding carboxylic acids is 1. The first-order chi connectivity index (χ1) is 8.99. The van der Waals surface area contributed by atoms with Crippen molar-refractivity contribution in [3.63, 3.8) is 0 Å². The lowest BCUT2D eigenvalue weighted by Gasteiger charge is -2.39. The molecule has 19 heavy (non-hydrogen) atoms. The highest BCUT2D eigenvalue weighted by molar-refractivity contribution is 7.18. The first kappa shape index (κ1) is 14.6. The molecule has 2 rings (SSSR count). The highest BCUT2D eigenvalue weighted by Gasteiger charge is 2.32. The first-order valence-corrected chi connectivity index (χ1v) is 7.23. The number of ether oxygens (including phenoxy) is 2. The van der Waals surface area contributed by atoms with E-state index in [1.54, 1.807) is 7.11 Å². The van der Waals surface area contributed by atoms with Gasteiger partial charge in [-0.1, -0.05) is 22.9 Å². The van der Waals surface area contributed by atoms with Crippen LogP contribution in [0.15, 0.2) is 0 Å². The molecular formula is C12H17ClN2O3S. The van der Waals surface area contributed by atoms with Gasteiger partial charge in [-0.2, -0.15) is 0 Å². The fourth-order valence-electron chi connectivity index (χ4n) is 2.18. The summed E-state index contributed by atoms with van der Waals surface area (Å²) < 4.78 is 10.2. The van der Waals surface area contributed by atoms with Crippen LogP contribution in [-0.4, -0.2) is 43.9 Å². The van der Waals surface area contributed by atoms with Gasteiger partial charge in [-0.15, -0.1) is 0 Å². The van der Waals surface area contributed by atoms with Crippen LogP contribution in [0.2, 0.25) is 5.15 Å². The molecule has 1 atom stereocenters. The molecule has 1 aromatic rings. The lowest BCUT2D eigenvalue weighted by molar-refractivity contribution is -0.00466. The van der Waals surface area contributed by atoms with Crippen LogP contribution in [0.1, 0.15) is 29.4 Å². The molecule has 5 nitrogen and oxygen atoms in total. The quantitative estimate of drug-likeness (QED) is 0.803. The third kappa shape index (κ3) is 3.01. The summed E-state index contributed by atoms with van der Waals surface area (Å²) in [6.07, 6.45) is 2.04. The van der Waals surface area contributed by atoms with E-state index in [1.807, 2.05) is 0 Å². The predicted octanol–water partition coefficient (Wildman–Crippen LogP) is 2.59. The molecule has 2 heterocycles. The monoisotopic (exact) mass is 304 g/mol. The number of hydrogen-bond donors (Lipinski definition) is 0. The second-order valence-corrected chi connectivity index (χ2v) is 6.12. The van der Waals surface area contributed by atoms with E-state index >= 15 is 0 Å². The molecule has 7 heteroatoms. The molecule has 1 unspecified atom stereocenters. The number of esters is 1.